The van der Waals surface area contributed by atoms with Crippen LogP contribution in [0.4, 0.5) is 5.88 Å². The van der Waals surface area contributed by atoms with E-state index in [0.29, 0.717) is 17.8 Å². The average Bonchev–Trinajstić information content (AvgIpc) is 3.13. The molecule has 7 nitrogen and oxygen atoms in total. The zero-order valence-electron chi connectivity index (χ0n) is 14.9. The van der Waals surface area contributed by atoms with E-state index in [1.165, 1.54) is 0 Å². The molecule has 0 fully saturated rings. The van der Waals surface area contributed by atoms with Gasteiger partial charge in [0.2, 0.25) is 5.88 Å². The van der Waals surface area contributed by atoms with Gasteiger partial charge in [-0.3, -0.25) is 19.9 Å². The molecular formula is C20H20N4O3. The van der Waals surface area contributed by atoms with Crippen LogP contribution in [0.2, 0.25) is 0 Å². The third-order valence-corrected chi connectivity index (χ3v) is 3.91. The monoisotopic (exact) mass is 364 g/mol. The van der Waals surface area contributed by atoms with E-state index in [1.54, 1.807) is 48.7 Å². The Kier molecular flexibility index (Phi) is 5.94. The summed E-state index contributed by atoms with van der Waals surface area (Å²) in [6, 6.07) is 14.0. The zero-order chi connectivity index (χ0) is 19.1. The summed E-state index contributed by atoms with van der Waals surface area (Å²) in [5.74, 6) is -0.755. The van der Waals surface area contributed by atoms with Gasteiger partial charge in [-0.25, -0.2) is 0 Å². The van der Waals surface area contributed by atoms with Crippen LogP contribution in [0.15, 0.2) is 59.3 Å². The summed E-state index contributed by atoms with van der Waals surface area (Å²) in [6.07, 6.45) is 3.40. The Morgan fingerprint density at radius 2 is 1.81 bits per heavy atom. The van der Waals surface area contributed by atoms with Crippen molar-refractivity contribution in [2.75, 3.05) is 11.9 Å². The number of unbranched alkanes of at least 4 members (excludes halogenated alkanes) is 1. The average molecular weight is 364 g/mol. The lowest BCUT2D eigenvalue weighted by Crippen LogP contribution is -2.26. The Balaban J connectivity index is 1.92. The molecular weight excluding hydrogens is 344 g/mol. The minimum absolute atomic E-state index is 0.00138. The van der Waals surface area contributed by atoms with Crippen LogP contribution in [0.25, 0.3) is 11.4 Å². The van der Waals surface area contributed by atoms with Gasteiger partial charge in [0.25, 0.3) is 11.8 Å². The largest absolute Gasteiger partial charge is 0.352 e. The molecule has 2 N–H and O–H groups in total. The summed E-state index contributed by atoms with van der Waals surface area (Å²) in [5, 5.41) is 9.43. The number of benzene rings is 1. The minimum atomic E-state index is -0.387. The first-order valence-electron chi connectivity index (χ1n) is 8.76. The van der Waals surface area contributed by atoms with E-state index >= 15 is 0 Å². The first-order chi connectivity index (χ1) is 13.2. The van der Waals surface area contributed by atoms with Crippen molar-refractivity contribution in [3.63, 3.8) is 0 Å². The smallest absolute Gasteiger partial charge is 0.259 e. The molecule has 27 heavy (non-hydrogen) atoms. The Bertz CT molecular complexity index is 907. The predicted molar refractivity (Wildman–Crippen MR) is 101 cm³/mol. The lowest BCUT2D eigenvalue weighted by Gasteiger charge is -2.07. The van der Waals surface area contributed by atoms with E-state index in [2.05, 4.69) is 20.8 Å². The fraction of sp³-hybridized carbons (Fsp3) is 0.200. The topological polar surface area (TPSA) is 97.1 Å². The molecule has 3 aromatic rings. The predicted octanol–water partition coefficient (Wildman–Crippen LogP) is 3.52. The molecule has 0 saturated heterocycles. The van der Waals surface area contributed by atoms with E-state index in [-0.39, 0.29) is 29.0 Å². The molecule has 0 saturated carbocycles. The number of amides is 2. The molecule has 2 heterocycles. The van der Waals surface area contributed by atoms with Crippen molar-refractivity contribution in [1.82, 2.24) is 15.5 Å². The number of anilines is 1. The number of aromatic nitrogens is 2. The van der Waals surface area contributed by atoms with Crippen molar-refractivity contribution < 1.29 is 14.1 Å². The van der Waals surface area contributed by atoms with E-state index in [0.717, 1.165) is 12.8 Å². The molecule has 0 aliphatic heterocycles. The minimum Gasteiger partial charge on any atom is -0.352 e. The number of pyridine rings is 1. The zero-order valence-corrected chi connectivity index (χ0v) is 14.9. The molecule has 0 unspecified atom stereocenters. The van der Waals surface area contributed by atoms with Crippen LogP contribution in [-0.4, -0.2) is 28.5 Å². The van der Waals surface area contributed by atoms with E-state index in [9.17, 15) is 9.59 Å². The highest BCUT2D eigenvalue weighted by atomic mass is 16.5. The van der Waals surface area contributed by atoms with Crippen LogP contribution < -0.4 is 10.6 Å². The van der Waals surface area contributed by atoms with Crippen molar-refractivity contribution in [1.29, 1.82) is 0 Å². The molecule has 0 aliphatic carbocycles. The van der Waals surface area contributed by atoms with Crippen molar-refractivity contribution in [2.24, 2.45) is 0 Å². The number of carbonyl (C=O) groups is 2. The molecule has 2 amide bonds. The fourth-order valence-corrected chi connectivity index (χ4v) is 2.50. The van der Waals surface area contributed by atoms with Crippen molar-refractivity contribution in [2.45, 2.75) is 19.8 Å². The van der Waals surface area contributed by atoms with Crippen molar-refractivity contribution in [3.8, 4) is 11.4 Å². The Morgan fingerprint density at radius 1 is 1.04 bits per heavy atom. The lowest BCUT2D eigenvalue weighted by atomic mass is 10.1. The van der Waals surface area contributed by atoms with E-state index in [4.69, 9.17) is 4.52 Å². The number of nitrogens with zero attached hydrogens (tertiary/aromatic N) is 2. The quantitative estimate of drug-likeness (QED) is 0.625. The number of hydrogen-bond acceptors (Lipinski definition) is 5. The summed E-state index contributed by atoms with van der Waals surface area (Å²) < 4.78 is 5.29. The molecule has 0 spiro atoms. The normalized spacial score (nSPS) is 10.4. The standard InChI is InChI=1S/C20H20N4O3/c1-2-3-12-22-19(26)16-17(15-11-7-8-13-21-15)24-27-20(16)23-18(25)14-9-5-4-6-10-14/h4-11,13H,2-3,12H2,1H3,(H,22,26)(H,23,25). The number of carbonyl (C=O) groups excluding carboxylic acids is 2. The van der Waals surface area contributed by atoms with Gasteiger partial charge in [0.05, 0.1) is 5.69 Å². The molecule has 0 atom stereocenters. The van der Waals surface area contributed by atoms with Gasteiger partial charge < -0.3 is 9.84 Å². The van der Waals surface area contributed by atoms with Gasteiger partial charge in [-0.05, 0) is 30.7 Å². The summed E-state index contributed by atoms with van der Waals surface area (Å²) in [5.41, 5.74) is 1.38. The van der Waals surface area contributed by atoms with Crippen LogP contribution in [0.1, 0.15) is 40.5 Å². The lowest BCUT2D eigenvalue weighted by molar-refractivity contribution is 0.0954. The van der Waals surface area contributed by atoms with E-state index in [1.807, 2.05) is 13.0 Å². The summed E-state index contributed by atoms with van der Waals surface area (Å²) in [4.78, 5) is 29.4. The highest BCUT2D eigenvalue weighted by Crippen LogP contribution is 2.28. The third kappa shape index (κ3) is 4.38. The Labute approximate surface area is 156 Å². The van der Waals surface area contributed by atoms with Gasteiger partial charge in [0.1, 0.15) is 11.3 Å². The first kappa shape index (κ1) is 18.3. The second-order valence-electron chi connectivity index (χ2n) is 5.88. The Morgan fingerprint density at radius 3 is 2.52 bits per heavy atom. The van der Waals surface area contributed by atoms with Gasteiger partial charge in [0.15, 0.2) is 0 Å². The molecule has 0 radical (unpaired) electrons. The molecule has 1 aromatic carbocycles. The number of rotatable bonds is 7. The van der Waals surface area contributed by atoms with Crippen LogP contribution in [0, 0.1) is 0 Å². The third-order valence-electron chi connectivity index (χ3n) is 3.91. The van der Waals surface area contributed by atoms with Crippen molar-refractivity contribution >= 4 is 17.7 Å². The van der Waals surface area contributed by atoms with Gasteiger partial charge in [0, 0.05) is 18.3 Å². The molecule has 0 aliphatic rings. The first-order valence-corrected chi connectivity index (χ1v) is 8.76. The van der Waals surface area contributed by atoms with Crippen LogP contribution in [0.5, 0.6) is 0 Å². The van der Waals surface area contributed by atoms with E-state index < -0.39 is 0 Å². The molecule has 0 bridgehead atoms. The highest BCUT2D eigenvalue weighted by molar-refractivity contribution is 6.10. The highest BCUT2D eigenvalue weighted by Gasteiger charge is 2.26. The fourth-order valence-electron chi connectivity index (χ4n) is 2.50. The number of nitrogens with one attached hydrogen (secondary N) is 2. The summed E-state index contributed by atoms with van der Waals surface area (Å²) in [6.45, 7) is 2.56. The second-order valence-corrected chi connectivity index (χ2v) is 5.88. The second kappa shape index (κ2) is 8.75. The van der Waals surface area contributed by atoms with Gasteiger partial charge >= 0.3 is 0 Å². The summed E-state index contributed by atoms with van der Waals surface area (Å²) >= 11 is 0. The Hall–Kier alpha value is -3.48. The molecule has 2 aromatic heterocycles. The van der Waals surface area contributed by atoms with Crippen LogP contribution in [0.3, 0.4) is 0 Å². The molecule has 138 valence electrons. The SMILES string of the molecule is CCCCNC(=O)c1c(-c2ccccn2)noc1NC(=O)c1ccccc1. The maximum Gasteiger partial charge on any atom is 0.259 e. The maximum atomic E-state index is 12.7. The maximum absolute atomic E-state index is 12.7. The molecule has 3 rings (SSSR count). The molecule has 7 heteroatoms. The van der Waals surface area contributed by atoms with Gasteiger partial charge in [-0.2, -0.15) is 0 Å². The van der Waals surface area contributed by atoms with Crippen LogP contribution in [-0.2, 0) is 0 Å². The van der Waals surface area contributed by atoms with Gasteiger partial charge in [-0.1, -0.05) is 42.8 Å². The van der Waals surface area contributed by atoms with Gasteiger partial charge in [-0.15, -0.1) is 0 Å². The van der Waals surface area contributed by atoms with Crippen LogP contribution >= 0.6 is 0 Å². The van der Waals surface area contributed by atoms with Crippen molar-refractivity contribution in [3.05, 3.63) is 65.9 Å². The number of hydrogen-bond donors (Lipinski definition) is 2. The summed E-state index contributed by atoms with van der Waals surface area (Å²) in [7, 11) is 0.